The van der Waals surface area contributed by atoms with E-state index in [-0.39, 0.29) is 18.6 Å². The van der Waals surface area contributed by atoms with Crippen LogP contribution in [0.15, 0.2) is 18.2 Å². The van der Waals surface area contributed by atoms with Crippen LogP contribution < -0.4 is 5.73 Å². The topological polar surface area (TPSA) is 66.6 Å². The molecule has 4 nitrogen and oxygen atoms in total. The molecule has 1 unspecified atom stereocenters. The number of amides is 1. The van der Waals surface area contributed by atoms with Gasteiger partial charge in [-0.15, -0.1) is 0 Å². The van der Waals surface area contributed by atoms with Crippen molar-refractivity contribution < 1.29 is 9.90 Å². The highest BCUT2D eigenvalue weighted by Gasteiger charge is 2.29. The quantitative estimate of drug-likeness (QED) is 0.755. The van der Waals surface area contributed by atoms with E-state index in [0.29, 0.717) is 11.3 Å². The lowest BCUT2D eigenvalue weighted by Gasteiger charge is -2.24. The first-order chi connectivity index (χ1) is 8.15. The van der Waals surface area contributed by atoms with Gasteiger partial charge < -0.3 is 15.7 Å². The van der Waals surface area contributed by atoms with E-state index in [9.17, 15) is 9.90 Å². The number of anilines is 1. The fraction of sp³-hybridized carbons (Fsp3) is 0.462. The summed E-state index contributed by atoms with van der Waals surface area (Å²) in [5.74, 6) is -0.0219. The maximum Gasteiger partial charge on any atom is 0.254 e. The van der Waals surface area contributed by atoms with E-state index in [1.54, 1.807) is 23.1 Å². The second-order valence-electron chi connectivity index (χ2n) is 4.50. The third kappa shape index (κ3) is 2.13. The SMILES string of the molecule is Cc1c(N)cccc1C(=O)N1CCCC1CO. The van der Waals surface area contributed by atoms with Crippen molar-refractivity contribution >= 4 is 11.6 Å². The molecule has 1 aromatic rings. The fourth-order valence-corrected chi connectivity index (χ4v) is 2.33. The first-order valence-corrected chi connectivity index (χ1v) is 5.92. The lowest BCUT2D eigenvalue weighted by Crippen LogP contribution is -2.38. The molecule has 2 rings (SSSR count). The zero-order valence-electron chi connectivity index (χ0n) is 10.0. The third-order valence-corrected chi connectivity index (χ3v) is 3.45. The Hall–Kier alpha value is -1.55. The van der Waals surface area contributed by atoms with Crippen molar-refractivity contribution in [3.8, 4) is 0 Å². The number of likely N-dealkylation sites (tertiary alicyclic amines) is 1. The van der Waals surface area contributed by atoms with Crippen molar-refractivity contribution in [3.05, 3.63) is 29.3 Å². The summed E-state index contributed by atoms with van der Waals surface area (Å²) in [4.78, 5) is 14.1. The number of hydrogen-bond donors (Lipinski definition) is 2. The number of carbonyl (C=O) groups is 1. The first kappa shape index (κ1) is 11.9. The van der Waals surface area contributed by atoms with E-state index in [1.165, 1.54) is 0 Å². The van der Waals surface area contributed by atoms with Gasteiger partial charge in [0.25, 0.3) is 5.91 Å². The molecule has 1 heterocycles. The second-order valence-corrected chi connectivity index (χ2v) is 4.50. The van der Waals surface area contributed by atoms with Crippen LogP contribution in [0.25, 0.3) is 0 Å². The van der Waals surface area contributed by atoms with E-state index in [1.807, 2.05) is 6.92 Å². The van der Waals surface area contributed by atoms with Crippen LogP contribution in [0.5, 0.6) is 0 Å². The standard InChI is InChI=1S/C13H18N2O2/c1-9-11(5-2-6-12(9)14)13(17)15-7-3-4-10(15)8-16/h2,5-6,10,16H,3-4,7-8,14H2,1H3. The van der Waals surface area contributed by atoms with Crippen LogP contribution in [0.1, 0.15) is 28.8 Å². The van der Waals surface area contributed by atoms with Crippen LogP contribution in [0.3, 0.4) is 0 Å². The minimum absolute atomic E-state index is 0.0219. The van der Waals surface area contributed by atoms with Crippen molar-refractivity contribution in [3.63, 3.8) is 0 Å². The molecule has 1 aliphatic heterocycles. The van der Waals surface area contributed by atoms with Gasteiger partial charge in [0, 0.05) is 17.8 Å². The normalized spacial score (nSPS) is 19.6. The Morgan fingerprint density at radius 2 is 2.35 bits per heavy atom. The van der Waals surface area contributed by atoms with Gasteiger partial charge in [-0.05, 0) is 37.5 Å². The van der Waals surface area contributed by atoms with Crippen LogP contribution in [0.4, 0.5) is 5.69 Å². The average molecular weight is 234 g/mol. The molecular weight excluding hydrogens is 216 g/mol. The van der Waals surface area contributed by atoms with E-state index >= 15 is 0 Å². The molecule has 1 fully saturated rings. The Bertz CT molecular complexity index is 431. The summed E-state index contributed by atoms with van der Waals surface area (Å²) in [5.41, 5.74) is 7.90. The third-order valence-electron chi connectivity index (χ3n) is 3.45. The fourth-order valence-electron chi connectivity index (χ4n) is 2.33. The van der Waals surface area contributed by atoms with Crippen molar-refractivity contribution in [2.24, 2.45) is 0 Å². The number of nitrogen functional groups attached to an aromatic ring is 1. The van der Waals surface area contributed by atoms with Crippen LogP contribution in [0, 0.1) is 6.92 Å². The summed E-state index contributed by atoms with van der Waals surface area (Å²) in [6, 6.07) is 5.34. The molecule has 0 aliphatic carbocycles. The van der Waals surface area contributed by atoms with Gasteiger partial charge in [0.15, 0.2) is 0 Å². The van der Waals surface area contributed by atoms with Gasteiger partial charge in [-0.3, -0.25) is 4.79 Å². The van der Waals surface area contributed by atoms with Crippen LogP contribution in [-0.2, 0) is 0 Å². The Kier molecular flexibility index (Phi) is 3.33. The number of carbonyl (C=O) groups excluding carboxylic acids is 1. The molecule has 0 bridgehead atoms. The minimum Gasteiger partial charge on any atom is -0.398 e. The van der Waals surface area contributed by atoms with Gasteiger partial charge in [-0.25, -0.2) is 0 Å². The molecule has 0 radical (unpaired) electrons. The molecule has 0 aromatic heterocycles. The van der Waals surface area contributed by atoms with Crippen molar-refractivity contribution in [2.75, 3.05) is 18.9 Å². The van der Waals surface area contributed by atoms with Crippen LogP contribution in [-0.4, -0.2) is 35.1 Å². The lowest BCUT2D eigenvalue weighted by atomic mass is 10.1. The van der Waals surface area contributed by atoms with Crippen molar-refractivity contribution in [1.29, 1.82) is 0 Å². The number of benzene rings is 1. The van der Waals surface area contributed by atoms with Gasteiger partial charge >= 0.3 is 0 Å². The number of hydrogen-bond acceptors (Lipinski definition) is 3. The first-order valence-electron chi connectivity index (χ1n) is 5.92. The molecule has 1 amide bonds. The van der Waals surface area contributed by atoms with Crippen molar-refractivity contribution in [2.45, 2.75) is 25.8 Å². The number of aliphatic hydroxyl groups excluding tert-OH is 1. The molecule has 1 saturated heterocycles. The Morgan fingerprint density at radius 1 is 1.59 bits per heavy atom. The van der Waals surface area contributed by atoms with Crippen molar-refractivity contribution in [1.82, 2.24) is 4.90 Å². The second kappa shape index (κ2) is 4.75. The maximum absolute atomic E-state index is 12.3. The monoisotopic (exact) mass is 234 g/mol. The van der Waals surface area contributed by atoms with Gasteiger partial charge in [0.2, 0.25) is 0 Å². The Morgan fingerprint density at radius 3 is 3.06 bits per heavy atom. The Balaban J connectivity index is 2.28. The summed E-state index contributed by atoms with van der Waals surface area (Å²) in [7, 11) is 0. The Labute approximate surface area is 101 Å². The molecular formula is C13H18N2O2. The predicted molar refractivity (Wildman–Crippen MR) is 66.7 cm³/mol. The summed E-state index contributed by atoms with van der Waals surface area (Å²) >= 11 is 0. The van der Waals surface area contributed by atoms with Crippen LogP contribution in [0.2, 0.25) is 0 Å². The predicted octanol–water partition coefficient (Wildman–Crippen LogP) is 1.17. The summed E-state index contributed by atoms with van der Waals surface area (Å²) in [6.07, 6.45) is 1.84. The lowest BCUT2D eigenvalue weighted by molar-refractivity contribution is 0.0677. The van der Waals surface area contributed by atoms with E-state index < -0.39 is 0 Å². The van der Waals surface area contributed by atoms with Gasteiger partial charge in [0.05, 0.1) is 12.6 Å². The number of aliphatic hydroxyl groups is 1. The molecule has 1 aromatic carbocycles. The average Bonchev–Trinajstić information content (AvgIpc) is 2.80. The van der Waals surface area contributed by atoms with Gasteiger partial charge in [-0.2, -0.15) is 0 Å². The summed E-state index contributed by atoms with van der Waals surface area (Å²) < 4.78 is 0. The molecule has 1 aliphatic rings. The van der Waals surface area contributed by atoms with E-state index in [4.69, 9.17) is 5.73 Å². The number of rotatable bonds is 2. The largest absolute Gasteiger partial charge is 0.398 e. The molecule has 92 valence electrons. The van der Waals surface area contributed by atoms with Crippen LogP contribution >= 0.6 is 0 Å². The summed E-state index contributed by atoms with van der Waals surface area (Å²) in [5, 5.41) is 9.24. The number of nitrogens with zero attached hydrogens (tertiary/aromatic N) is 1. The highest BCUT2D eigenvalue weighted by Crippen LogP contribution is 2.23. The highest BCUT2D eigenvalue weighted by molar-refractivity contribution is 5.97. The molecule has 4 heteroatoms. The maximum atomic E-state index is 12.3. The molecule has 3 N–H and O–H groups in total. The smallest absolute Gasteiger partial charge is 0.254 e. The molecule has 0 spiro atoms. The summed E-state index contributed by atoms with van der Waals surface area (Å²) in [6.45, 7) is 2.61. The zero-order valence-corrected chi connectivity index (χ0v) is 10.0. The molecule has 1 atom stereocenters. The molecule has 0 saturated carbocycles. The highest BCUT2D eigenvalue weighted by atomic mass is 16.3. The van der Waals surface area contributed by atoms with Gasteiger partial charge in [-0.1, -0.05) is 6.07 Å². The number of nitrogens with two attached hydrogens (primary N) is 1. The molecule has 17 heavy (non-hydrogen) atoms. The van der Waals surface area contributed by atoms with Gasteiger partial charge in [0.1, 0.15) is 0 Å². The minimum atomic E-state index is -0.0386. The van der Waals surface area contributed by atoms with E-state index in [0.717, 1.165) is 24.9 Å². The zero-order chi connectivity index (χ0) is 12.4. The van der Waals surface area contributed by atoms with E-state index in [2.05, 4.69) is 0 Å².